The van der Waals surface area contributed by atoms with Crippen molar-refractivity contribution >= 4 is 27.7 Å². The summed E-state index contributed by atoms with van der Waals surface area (Å²) in [6.45, 7) is 6.13. The predicted molar refractivity (Wildman–Crippen MR) is 89.8 cm³/mol. The third-order valence-corrected chi connectivity index (χ3v) is 3.26. The Morgan fingerprint density at radius 2 is 1.86 bits per heavy atom. The molecule has 0 aliphatic rings. The zero-order valence-corrected chi connectivity index (χ0v) is 14.8. The molecule has 0 saturated carbocycles. The van der Waals surface area contributed by atoms with E-state index in [1.807, 2.05) is 45.0 Å². The zero-order valence-electron chi connectivity index (χ0n) is 13.2. The van der Waals surface area contributed by atoms with Crippen molar-refractivity contribution in [3.05, 3.63) is 28.7 Å². The van der Waals surface area contributed by atoms with Crippen LogP contribution in [0, 0.1) is 0 Å². The molecule has 0 aromatic heterocycles. The first-order valence-corrected chi connectivity index (χ1v) is 8.02. The highest BCUT2D eigenvalue weighted by Crippen LogP contribution is 2.23. The van der Waals surface area contributed by atoms with Gasteiger partial charge in [0, 0.05) is 12.0 Å². The molecular formula is C16H23BrN2O3. The summed E-state index contributed by atoms with van der Waals surface area (Å²) < 4.78 is 6.46. The maximum absolute atomic E-state index is 11.6. The van der Waals surface area contributed by atoms with E-state index in [0.29, 0.717) is 19.4 Å². The van der Waals surface area contributed by atoms with Crippen molar-refractivity contribution in [2.45, 2.75) is 39.2 Å². The first kappa shape index (κ1) is 18.5. The van der Waals surface area contributed by atoms with Gasteiger partial charge >= 0.3 is 0 Å². The first-order valence-electron chi connectivity index (χ1n) is 7.23. The number of amides is 2. The Balaban J connectivity index is 2.16. The summed E-state index contributed by atoms with van der Waals surface area (Å²) >= 11 is 3.39. The van der Waals surface area contributed by atoms with Crippen LogP contribution in [0.1, 0.15) is 33.6 Å². The lowest BCUT2D eigenvalue weighted by atomic mass is 10.1. The number of carbonyl (C=O) groups is 2. The number of carbonyl (C=O) groups excluding carboxylic acids is 2. The van der Waals surface area contributed by atoms with Crippen molar-refractivity contribution in [3.8, 4) is 5.75 Å². The van der Waals surface area contributed by atoms with E-state index in [0.717, 1.165) is 10.2 Å². The van der Waals surface area contributed by atoms with Crippen molar-refractivity contribution < 1.29 is 14.3 Å². The Bertz CT molecular complexity index is 512. The van der Waals surface area contributed by atoms with Crippen LogP contribution in [0.2, 0.25) is 0 Å². The zero-order chi connectivity index (χ0) is 16.6. The molecule has 122 valence electrons. The van der Waals surface area contributed by atoms with Crippen LogP contribution >= 0.6 is 15.9 Å². The minimum absolute atomic E-state index is 0.00118. The molecule has 0 bridgehead atoms. The van der Waals surface area contributed by atoms with Gasteiger partial charge < -0.3 is 15.4 Å². The maximum atomic E-state index is 11.6. The van der Waals surface area contributed by atoms with E-state index >= 15 is 0 Å². The highest BCUT2D eigenvalue weighted by molar-refractivity contribution is 9.10. The maximum Gasteiger partial charge on any atom is 0.239 e. The van der Waals surface area contributed by atoms with Crippen LogP contribution in [0.25, 0.3) is 0 Å². The van der Waals surface area contributed by atoms with Gasteiger partial charge in [-0.3, -0.25) is 9.59 Å². The monoisotopic (exact) mass is 370 g/mol. The molecule has 0 unspecified atom stereocenters. The first-order chi connectivity index (χ1) is 10.3. The predicted octanol–water partition coefficient (Wildman–Crippen LogP) is 2.64. The molecule has 0 aliphatic heterocycles. The van der Waals surface area contributed by atoms with Crippen molar-refractivity contribution in [1.82, 2.24) is 10.6 Å². The molecule has 0 heterocycles. The molecule has 0 aliphatic carbocycles. The Hall–Kier alpha value is -1.56. The minimum atomic E-state index is -0.293. The van der Waals surface area contributed by atoms with Crippen molar-refractivity contribution in [2.75, 3.05) is 13.2 Å². The fraction of sp³-hybridized carbons (Fsp3) is 0.500. The summed E-state index contributed by atoms with van der Waals surface area (Å²) in [6, 6.07) is 7.56. The molecule has 0 atom stereocenters. The second kappa shape index (κ2) is 8.78. The molecule has 0 radical (unpaired) electrons. The number of ether oxygens (including phenoxy) is 1. The van der Waals surface area contributed by atoms with Crippen LogP contribution in [-0.4, -0.2) is 30.5 Å². The number of rotatable bonds is 7. The Morgan fingerprint density at radius 1 is 1.18 bits per heavy atom. The third kappa shape index (κ3) is 8.02. The van der Waals surface area contributed by atoms with Gasteiger partial charge in [-0.1, -0.05) is 12.1 Å². The summed E-state index contributed by atoms with van der Waals surface area (Å²) in [5, 5.41) is 5.39. The number of nitrogens with one attached hydrogen (secondary N) is 2. The molecule has 0 fully saturated rings. The molecule has 5 nitrogen and oxygen atoms in total. The number of benzene rings is 1. The Labute approximate surface area is 139 Å². The Kier molecular flexibility index (Phi) is 7.38. The molecule has 2 N–H and O–H groups in total. The van der Waals surface area contributed by atoms with Crippen LogP contribution in [-0.2, 0) is 9.59 Å². The summed E-state index contributed by atoms with van der Waals surface area (Å²) in [5.74, 6) is 0.414. The van der Waals surface area contributed by atoms with E-state index in [-0.39, 0.29) is 23.9 Å². The topological polar surface area (TPSA) is 67.4 Å². The van der Waals surface area contributed by atoms with E-state index in [4.69, 9.17) is 4.74 Å². The van der Waals surface area contributed by atoms with Gasteiger partial charge in [0.15, 0.2) is 0 Å². The quantitative estimate of drug-likeness (QED) is 0.725. The SMILES string of the molecule is CC(C)(C)NC(=O)CNC(=O)CCCOc1ccccc1Br. The Morgan fingerprint density at radius 3 is 2.50 bits per heavy atom. The molecule has 2 amide bonds. The standard InChI is InChI=1S/C16H23BrN2O3/c1-16(2,3)19-15(21)11-18-14(20)9-6-10-22-13-8-5-4-7-12(13)17/h4-5,7-8H,6,9-11H2,1-3H3,(H,18,20)(H,19,21). The van der Waals surface area contributed by atoms with Gasteiger partial charge in [-0.25, -0.2) is 0 Å². The van der Waals surface area contributed by atoms with Crippen LogP contribution in [0.3, 0.4) is 0 Å². The molecule has 0 saturated heterocycles. The second-order valence-electron chi connectivity index (χ2n) is 5.96. The van der Waals surface area contributed by atoms with Crippen LogP contribution in [0.4, 0.5) is 0 Å². The van der Waals surface area contributed by atoms with E-state index in [9.17, 15) is 9.59 Å². The fourth-order valence-corrected chi connectivity index (χ4v) is 2.11. The molecule has 1 aromatic rings. The lowest BCUT2D eigenvalue weighted by molar-refractivity contribution is -0.126. The van der Waals surface area contributed by atoms with E-state index in [1.165, 1.54) is 0 Å². The highest BCUT2D eigenvalue weighted by atomic mass is 79.9. The van der Waals surface area contributed by atoms with Crippen molar-refractivity contribution in [3.63, 3.8) is 0 Å². The number of hydrogen-bond donors (Lipinski definition) is 2. The smallest absolute Gasteiger partial charge is 0.239 e. The van der Waals surface area contributed by atoms with E-state index in [1.54, 1.807) is 0 Å². The molecule has 22 heavy (non-hydrogen) atoms. The molecule has 1 rings (SSSR count). The van der Waals surface area contributed by atoms with Gasteiger partial charge in [0.05, 0.1) is 17.6 Å². The average molecular weight is 371 g/mol. The van der Waals surface area contributed by atoms with Gasteiger partial charge in [-0.2, -0.15) is 0 Å². The molecule has 0 spiro atoms. The van der Waals surface area contributed by atoms with Gasteiger partial charge in [-0.05, 0) is 55.3 Å². The normalized spacial score (nSPS) is 10.9. The van der Waals surface area contributed by atoms with Crippen molar-refractivity contribution in [2.24, 2.45) is 0 Å². The summed E-state index contributed by atoms with van der Waals surface area (Å²) in [7, 11) is 0. The lowest BCUT2D eigenvalue weighted by Gasteiger charge is -2.20. The van der Waals surface area contributed by atoms with Gasteiger partial charge in [0.25, 0.3) is 0 Å². The van der Waals surface area contributed by atoms with E-state index in [2.05, 4.69) is 26.6 Å². The number of para-hydroxylation sites is 1. The summed E-state index contributed by atoms with van der Waals surface area (Å²) in [6.07, 6.45) is 0.918. The number of hydrogen-bond acceptors (Lipinski definition) is 3. The lowest BCUT2D eigenvalue weighted by Crippen LogP contribution is -2.45. The molecule has 6 heteroatoms. The van der Waals surface area contributed by atoms with Gasteiger partial charge in [0.2, 0.25) is 11.8 Å². The fourth-order valence-electron chi connectivity index (χ4n) is 1.71. The van der Waals surface area contributed by atoms with Crippen LogP contribution < -0.4 is 15.4 Å². The van der Waals surface area contributed by atoms with E-state index < -0.39 is 0 Å². The van der Waals surface area contributed by atoms with Gasteiger partial charge in [0.1, 0.15) is 5.75 Å². The van der Waals surface area contributed by atoms with Gasteiger partial charge in [-0.15, -0.1) is 0 Å². The summed E-state index contributed by atoms with van der Waals surface area (Å²) in [5.41, 5.74) is -0.293. The third-order valence-electron chi connectivity index (χ3n) is 2.60. The van der Waals surface area contributed by atoms with Crippen LogP contribution in [0.15, 0.2) is 28.7 Å². The number of halogens is 1. The summed E-state index contributed by atoms with van der Waals surface area (Å²) in [4.78, 5) is 23.2. The van der Waals surface area contributed by atoms with Crippen LogP contribution in [0.5, 0.6) is 5.75 Å². The average Bonchev–Trinajstić information content (AvgIpc) is 2.41. The highest BCUT2D eigenvalue weighted by Gasteiger charge is 2.14. The second-order valence-corrected chi connectivity index (χ2v) is 6.81. The minimum Gasteiger partial charge on any atom is -0.492 e. The van der Waals surface area contributed by atoms with Crippen molar-refractivity contribution in [1.29, 1.82) is 0 Å². The molecule has 1 aromatic carbocycles. The molecular weight excluding hydrogens is 348 g/mol. The largest absolute Gasteiger partial charge is 0.492 e.